The van der Waals surface area contributed by atoms with Gasteiger partial charge in [0.25, 0.3) is 5.56 Å². The lowest BCUT2D eigenvalue weighted by Crippen LogP contribution is -2.38. The maximum Gasteiger partial charge on any atom is 0.332 e. The lowest BCUT2D eigenvalue weighted by atomic mass is 10.1. The Kier molecular flexibility index (Phi) is 5.44. The molecule has 0 unspecified atom stereocenters. The van der Waals surface area contributed by atoms with E-state index in [0.717, 1.165) is 27.5 Å². The largest absolute Gasteiger partial charge is 0.361 e. The van der Waals surface area contributed by atoms with E-state index in [4.69, 9.17) is 16.7 Å². The number of aryl methyl sites for hydroxylation is 2. The van der Waals surface area contributed by atoms with E-state index < -0.39 is 0 Å². The van der Waals surface area contributed by atoms with Gasteiger partial charge in [0.1, 0.15) is 11.1 Å². The minimum Gasteiger partial charge on any atom is -0.361 e. The highest BCUT2D eigenvalue weighted by Crippen LogP contribution is 2.28. The van der Waals surface area contributed by atoms with Crippen molar-refractivity contribution in [2.45, 2.75) is 33.4 Å². The van der Waals surface area contributed by atoms with Crippen molar-refractivity contribution in [2.24, 2.45) is 20.0 Å². The predicted molar refractivity (Wildman–Crippen MR) is 133 cm³/mol. The highest BCUT2D eigenvalue weighted by atomic mass is 35.5. The lowest BCUT2D eigenvalue weighted by molar-refractivity contribution is 0.498. The van der Waals surface area contributed by atoms with Crippen molar-refractivity contribution in [3.8, 4) is 11.5 Å². The Morgan fingerprint density at radius 2 is 1.97 bits per heavy atom. The summed E-state index contributed by atoms with van der Waals surface area (Å²) in [4.78, 5) is 34.2. The molecule has 0 radical (unpaired) electrons. The van der Waals surface area contributed by atoms with Crippen LogP contribution < -0.4 is 11.2 Å². The number of nitrogens with zero attached hydrogens (tertiary/aromatic N) is 6. The molecule has 34 heavy (non-hydrogen) atoms. The monoisotopic (exact) mass is 479 g/mol. The van der Waals surface area contributed by atoms with Gasteiger partial charge in [0.2, 0.25) is 0 Å². The van der Waals surface area contributed by atoms with Crippen molar-refractivity contribution in [2.75, 3.05) is 0 Å². The van der Waals surface area contributed by atoms with E-state index in [1.165, 1.54) is 7.05 Å². The summed E-state index contributed by atoms with van der Waals surface area (Å²) in [5, 5.41) is 6.82. The third-order valence-corrected chi connectivity index (χ3v) is 6.47. The maximum atomic E-state index is 13.4. The van der Waals surface area contributed by atoms with E-state index >= 15 is 0 Å². The number of halogens is 1. The normalized spacial score (nSPS) is 11.9. The van der Waals surface area contributed by atoms with Gasteiger partial charge < -0.3 is 9.55 Å². The molecule has 0 saturated heterocycles. The first kappa shape index (κ1) is 22.2. The Bertz CT molecular complexity index is 1650. The summed E-state index contributed by atoms with van der Waals surface area (Å²) in [7, 11) is 3.38. The summed E-state index contributed by atoms with van der Waals surface area (Å²) in [6.45, 7) is 5.05. The van der Waals surface area contributed by atoms with Crippen LogP contribution in [-0.4, -0.2) is 33.4 Å². The number of aromatic amines is 1. The molecule has 176 valence electrons. The van der Waals surface area contributed by atoms with Gasteiger partial charge in [0, 0.05) is 55.2 Å². The fraction of sp³-hybridized carbons (Fsp3) is 0.333. The van der Waals surface area contributed by atoms with Crippen molar-refractivity contribution in [3.63, 3.8) is 0 Å². The minimum absolute atomic E-state index is 0.368. The Morgan fingerprint density at radius 3 is 2.68 bits per heavy atom. The molecule has 5 rings (SSSR count). The molecular weight excluding hydrogens is 454 g/mol. The first-order valence-corrected chi connectivity index (χ1v) is 11.6. The molecule has 0 aliphatic heterocycles. The lowest BCUT2D eigenvalue weighted by Gasteiger charge is -2.10. The van der Waals surface area contributed by atoms with Crippen LogP contribution in [0.15, 0.2) is 46.4 Å². The van der Waals surface area contributed by atoms with E-state index in [0.29, 0.717) is 46.6 Å². The number of rotatable bonds is 6. The molecule has 5 aromatic rings. The fourth-order valence-electron chi connectivity index (χ4n) is 4.33. The summed E-state index contributed by atoms with van der Waals surface area (Å²) >= 11 is 6.25. The number of fused-ring (bicyclic) bond motifs is 2. The number of imidazole rings is 1. The second-order valence-corrected chi connectivity index (χ2v) is 9.49. The summed E-state index contributed by atoms with van der Waals surface area (Å²) in [5.41, 5.74) is 2.13. The smallest absolute Gasteiger partial charge is 0.332 e. The Morgan fingerprint density at radius 1 is 1.18 bits per heavy atom. The van der Waals surface area contributed by atoms with E-state index in [2.05, 4.69) is 23.8 Å². The maximum absolute atomic E-state index is 13.4. The summed E-state index contributed by atoms with van der Waals surface area (Å²) < 4.78 is 6.38. The average Bonchev–Trinajstić information content (AvgIpc) is 3.49. The third kappa shape index (κ3) is 3.56. The Balaban J connectivity index is 1.80. The Labute approximate surface area is 200 Å². The van der Waals surface area contributed by atoms with Crippen LogP contribution in [0.2, 0.25) is 5.02 Å². The zero-order valence-corrected chi connectivity index (χ0v) is 20.3. The highest BCUT2D eigenvalue weighted by Gasteiger charge is 2.25. The van der Waals surface area contributed by atoms with Crippen molar-refractivity contribution in [3.05, 3.63) is 68.2 Å². The van der Waals surface area contributed by atoms with Crippen molar-refractivity contribution in [1.82, 2.24) is 33.4 Å². The van der Waals surface area contributed by atoms with Crippen molar-refractivity contribution in [1.29, 1.82) is 0 Å². The summed E-state index contributed by atoms with van der Waals surface area (Å²) in [5.74, 6) is 0.998. The summed E-state index contributed by atoms with van der Waals surface area (Å²) in [6.07, 6.45) is 6.21. The van der Waals surface area contributed by atoms with Gasteiger partial charge in [-0.25, -0.2) is 9.78 Å². The molecule has 4 heterocycles. The van der Waals surface area contributed by atoms with E-state index in [1.807, 2.05) is 42.2 Å². The van der Waals surface area contributed by atoms with Gasteiger partial charge in [-0.3, -0.25) is 18.6 Å². The van der Waals surface area contributed by atoms with E-state index in [1.54, 1.807) is 15.4 Å². The quantitative estimate of drug-likeness (QED) is 0.403. The molecule has 0 spiro atoms. The average molecular weight is 480 g/mol. The molecule has 1 N–H and O–H groups in total. The van der Waals surface area contributed by atoms with Crippen LogP contribution in [0.1, 0.15) is 25.8 Å². The molecule has 10 heteroatoms. The zero-order chi connectivity index (χ0) is 24.1. The van der Waals surface area contributed by atoms with Gasteiger partial charge in [-0.15, -0.1) is 0 Å². The molecule has 4 aromatic heterocycles. The molecule has 0 bridgehead atoms. The Hall–Kier alpha value is -3.59. The molecule has 0 aliphatic carbocycles. The number of benzene rings is 1. The molecular formula is C24H26ClN7O2. The van der Waals surface area contributed by atoms with Crippen LogP contribution in [0.5, 0.6) is 0 Å². The summed E-state index contributed by atoms with van der Waals surface area (Å²) in [6, 6.07) is 5.67. The molecule has 1 aromatic carbocycles. The second-order valence-electron chi connectivity index (χ2n) is 9.05. The van der Waals surface area contributed by atoms with Gasteiger partial charge in [-0.2, -0.15) is 5.10 Å². The van der Waals surface area contributed by atoms with Gasteiger partial charge >= 0.3 is 5.69 Å². The number of aromatic nitrogens is 7. The first-order chi connectivity index (χ1) is 16.3. The number of nitrogens with one attached hydrogen (secondary N) is 1. The number of hydrogen-bond acceptors (Lipinski definition) is 4. The molecule has 9 nitrogen and oxygen atoms in total. The number of H-pyrrole nitrogens is 1. The predicted octanol–water partition coefficient (Wildman–Crippen LogP) is 3.53. The highest BCUT2D eigenvalue weighted by molar-refractivity contribution is 6.31. The van der Waals surface area contributed by atoms with Crippen LogP contribution in [0.3, 0.4) is 0 Å². The fourth-order valence-corrected chi connectivity index (χ4v) is 4.50. The molecule has 0 fully saturated rings. The van der Waals surface area contributed by atoms with Crippen LogP contribution in [0.25, 0.3) is 33.5 Å². The van der Waals surface area contributed by atoms with Crippen LogP contribution in [0.4, 0.5) is 0 Å². The van der Waals surface area contributed by atoms with Gasteiger partial charge in [0.05, 0.1) is 6.54 Å². The van der Waals surface area contributed by atoms with Gasteiger partial charge in [0.15, 0.2) is 11.5 Å². The van der Waals surface area contributed by atoms with E-state index in [-0.39, 0.29) is 11.2 Å². The molecule has 0 saturated carbocycles. The molecule has 0 atom stereocenters. The first-order valence-electron chi connectivity index (χ1n) is 11.2. The minimum atomic E-state index is -0.382. The second kappa shape index (κ2) is 8.32. The van der Waals surface area contributed by atoms with E-state index in [9.17, 15) is 9.59 Å². The zero-order valence-electron chi connectivity index (χ0n) is 19.5. The molecule has 0 amide bonds. The van der Waals surface area contributed by atoms with Gasteiger partial charge in [-0.05, 0) is 36.1 Å². The van der Waals surface area contributed by atoms with Gasteiger partial charge in [-0.1, -0.05) is 25.4 Å². The standard InChI is InChI=1S/C24H26ClN7O2/c1-14(2)7-9-31-21-19(23(33)30(4)24(31)34)20(22-26-8-10-29(22)3)32(28-21)13-15-12-27-18-6-5-16(25)11-17(15)18/h5-6,8,10-12,14,27H,7,9,13H2,1-4H3. The topological polar surface area (TPSA) is 95.4 Å². The van der Waals surface area contributed by atoms with Crippen LogP contribution in [-0.2, 0) is 27.2 Å². The van der Waals surface area contributed by atoms with Crippen LogP contribution >= 0.6 is 11.6 Å². The SMILES string of the molecule is CC(C)CCn1c(=O)n(C)c(=O)c2c(-c3nccn3C)n(Cc3c[nH]c4ccc(Cl)cc34)nc21. The number of hydrogen-bond donors (Lipinski definition) is 1. The third-order valence-electron chi connectivity index (χ3n) is 6.24. The van der Waals surface area contributed by atoms with Crippen LogP contribution in [0, 0.1) is 5.92 Å². The van der Waals surface area contributed by atoms with Crippen molar-refractivity contribution < 1.29 is 0 Å². The molecule has 0 aliphatic rings. The van der Waals surface area contributed by atoms with Crippen molar-refractivity contribution >= 4 is 33.5 Å².